The monoisotopic (exact) mass is 241 g/mol. The maximum Gasteiger partial charge on any atom is 0.371 e. The third kappa shape index (κ3) is 1.57. The summed E-state index contributed by atoms with van der Waals surface area (Å²) in [5.41, 5.74) is 0.233. The maximum atomic E-state index is 10.6. The smallest absolute Gasteiger partial charge is 0.371 e. The predicted molar refractivity (Wildman–Crippen MR) is 54.7 cm³/mol. The molecule has 2 N–H and O–H groups in total. The molecule has 2 rings (SSSR count). The van der Waals surface area contributed by atoms with E-state index in [0.29, 0.717) is 0 Å². The predicted octanol–water partition coefficient (Wildman–Crippen LogP) is 1.82. The van der Waals surface area contributed by atoms with Crippen LogP contribution in [-0.2, 0) is 0 Å². The number of nitro groups is 1. The van der Waals surface area contributed by atoms with Crippen LogP contribution in [0, 0.1) is 10.1 Å². The SMILES string of the molecule is O=C(O)c1nc2cc(Cl)c([N+](=O)[O-])cc2[nH]1. The van der Waals surface area contributed by atoms with Gasteiger partial charge >= 0.3 is 5.97 Å². The summed E-state index contributed by atoms with van der Waals surface area (Å²) in [6, 6.07) is 2.40. The van der Waals surface area contributed by atoms with Gasteiger partial charge in [0, 0.05) is 6.07 Å². The van der Waals surface area contributed by atoms with Gasteiger partial charge in [0.15, 0.2) is 0 Å². The van der Waals surface area contributed by atoms with Gasteiger partial charge in [0.05, 0.1) is 16.0 Å². The molecule has 1 aromatic heterocycles. The van der Waals surface area contributed by atoms with Gasteiger partial charge in [0.2, 0.25) is 5.82 Å². The van der Waals surface area contributed by atoms with Crippen molar-refractivity contribution in [1.82, 2.24) is 9.97 Å². The number of carbonyl (C=O) groups is 1. The number of nitrogens with one attached hydrogen (secondary N) is 1. The van der Waals surface area contributed by atoms with E-state index in [1.54, 1.807) is 0 Å². The van der Waals surface area contributed by atoms with Gasteiger partial charge in [-0.3, -0.25) is 10.1 Å². The van der Waals surface area contributed by atoms with Crippen LogP contribution in [0.25, 0.3) is 11.0 Å². The number of rotatable bonds is 2. The van der Waals surface area contributed by atoms with Crippen molar-refractivity contribution in [1.29, 1.82) is 0 Å². The molecule has 0 aliphatic carbocycles. The number of H-pyrrole nitrogens is 1. The van der Waals surface area contributed by atoms with E-state index in [1.807, 2.05) is 0 Å². The van der Waals surface area contributed by atoms with Crippen LogP contribution < -0.4 is 0 Å². The zero-order chi connectivity index (χ0) is 11.9. The average molecular weight is 242 g/mol. The van der Waals surface area contributed by atoms with Crippen LogP contribution in [0.2, 0.25) is 5.02 Å². The number of carboxylic acid groups (broad SMARTS) is 1. The fourth-order valence-corrected chi connectivity index (χ4v) is 1.49. The van der Waals surface area contributed by atoms with Gasteiger partial charge in [0.25, 0.3) is 5.69 Å². The summed E-state index contributed by atoms with van der Waals surface area (Å²) in [5, 5.41) is 19.2. The number of benzene rings is 1. The highest BCUT2D eigenvalue weighted by Crippen LogP contribution is 2.28. The van der Waals surface area contributed by atoms with Gasteiger partial charge in [0.1, 0.15) is 5.02 Å². The molecular weight excluding hydrogens is 238 g/mol. The van der Waals surface area contributed by atoms with Crippen LogP contribution in [0.15, 0.2) is 12.1 Å². The molecule has 0 aliphatic rings. The molecule has 0 saturated heterocycles. The van der Waals surface area contributed by atoms with Crippen molar-refractivity contribution in [2.24, 2.45) is 0 Å². The highest BCUT2D eigenvalue weighted by molar-refractivity contribution is 6.33. The second-order valence-corrected chi connectivity index (χ2v) is 3.38. The third-order valence-electron chi connectivity index (χ3n) is 1.95. The molecule has 0 amide bonds. The number of aromatic nitrogens is 2. The Bertz CT molecular complexity index is 607. The molecule has 2 aromatic rings. The second kappa shape index (κ2) is 3.46. The van der Waals surface area contributed by atoms with E-state index in [1.165, 1.54) is 6.07 Å². The van der Waals surface area contributed by atoms with Gasteiger partial charge < -0.3 is 10.1 Å². The van der Waals surface area contributed by atoms with Crippen LogP contribution in [0.3, 0.4) is 0 Å². The van der Waals surface area contributed by atoms with Crippen LogP contribution >= 0.6 is 11.6 Å². The largest absolute Gasteiger partial charge is 0.475 e. The van der Waals surface area contributed by atoms with E-state index in [2.05, 4.69) is 9.97 Å². The van der Waals surface area contributed by atoms with E-state index < -0.39 is 10.9 Å². The Morgan fingerprint density at radius 1 is 1.56 bits per heavy atom. The number of imidazole rings is 1. The Kier molecular flexibility index (Phi) is 2.24. The molecule has 0 radical (unpaired) electrons. The van der Waals surface area contributed by atoms with Crippen molar-refractivity contribution in [2.75, 3.05) is 0 Å². The number of fused-ring (bicyclic) bond motifs is 1. The van der Waals surface area contributed by atoms with Crippen LogP contribution in [0.4, 0.5) is 5.69 Å². The first-order chi connectivity index (χ1) is 7.49. The Morgan fingerprint density at radius 3 is 2.81 bits per heavy atom. The highest BCUT2D eigenvalue weighted by atomic mass is 35.5. The van der Waals surface area contributed by atoms with Crippen molar-refractivity contribution in [3.8, 4) is 0 Å². The number of hydrogen-bond donors (Lipinski definition) is 2. The first-order valence-corrected chi connectivity index (χ1v) is 4.44. The molecule has 0 spiro atoms. The zero-order valence-corrected chi connectivity index (χ0v) is 8.35. The molecule has 0 unspecified atom stereocenters. The van der Waals surface area contributed by atoms with Gasteiger partial charge in [-0.05, 0) is 6.07 Å². The first kappa shape index (κ1) is 10.4. The number of nitro benzene ring substituents is 1. The number of aromatic amines is 1. The minimum atomic E-state index is -1.24. The van der Waals surface area contributed by atoms with Crippen molar-refractivity contribution < 1.29 is 14.8 Å². The van der Waals surface area contributed by atoms with Crippen LogP contribution in [0.5, 0.6) is 0 Å². The van der Waals surface area contributed by atoms with Crippen molar-refractivity contribution in [3.05, 3.63) is 33.1 Å². The quantitative estimate of drug-likeness (QED) is 0.616. The Morgan fingerprint density at radius 2 is 2.25 bits per heavy atom. The summed E-state index contributed by atoms with van der Waals surface area (Å²) >= 11 is 5.64. The summed E-state index contributed by atoms with van der Waals surface area (Å²) < 4.78 is 0. The Hall–Kier alpha value is -2.15. The Labute approximate surface area is 92.8 Å². The van der Waals surface area contributed by atoms with Gasteiger partial charge in [-0.15, -0.1) is 0 Å². The van der Waals surface area contributed by atoms with Crippen molar-refractivity contribution in [3.63, 3.8) is 0 Å². The van der Waals surface area contributed by atoms with Gasteiger partial charge in [-0.2, -0.15) is 0 Å². The summed E-state index contributed by atoms with van der Waals surface area (Å²) in [6.45, 7) is 0. The molecule has 0 bridgehead atoms. The Balaban J connectivity index is 2.70. The number of carboxylic acids is 1. The highest BCUT2D eigenvalue weighted by Gasteiger charge is 2.17. The fourth-order valence-electron chi connectivity index (χ4n) is 1.26. The standard InChI is InChI=1S/C8H4ClN3O4/c9-3-1-4-5(2-6(3)12(15)16)11-7(10-4)8(13)14/h1-2H,(H,10,11)(H,13,14). The van der Waals surface area contributed by atoms with Crippen LogP contribution in [-0.4, -0.2) is 26.0 Å². The molecule has 0 atom stereocenters. The minimum absolute atomic E-state index is 0.0825. The maximum absolute atomic E-state index is 10.6. The number of aromatic carboxylic acids is 1. The average Bonchev–Trinajstić information content (AvgIpc) is 2.58. The zero-order valence-electron chi connectivity index (χ0n) is 7.60. The number of nitrogens with zero attached hydrogens (tertiary/aromatic N) is 2. The third-order valence-corrected chi connectivity index (χ3v) is 2.25. The van der Waals surface area contributed by atoms with E-state index in [4.69, 9.17) is 16.7 Å². The van der Waals surface area contributed by atoms with E-state index in [-0.39, 0.29) is 27.6 Å². The topological polar surface area (TPSA) is 109 Å². The number of halogens is 1. The summed E-state index contributed by atoms with van der Waals surface area (Å²) in [4.78, 5) is 26.7. The van der Waals surface area contributed by atoms with Crippen molar-refractivity contribution in [2.45, 2.75) is 0 Å². The molecule has 1 heterocycles. The lowest BCUT2D eigenvalue weighted by Crippen LogP contribution is -1.97. The lowest BCUT2D eigenvalue weighted by atomic mass is 10.3. The van der Waals surface area contributed by atoms with E-state index >= 15 is 0 Å². The first-order valence-electron chi connectivity index (χ1n) is 4.06. The summed E-state index contributed by atoms with van der Waals surface area (Å²) in [6.07, 6.45) is 0. The van der Waals surface area contributed by atoms with Crippen LogP contribution in [0.1, 0.15) is 10.6 Å². The number of hydrogen-bond acceptors (Lipinski definition) is 4. The van der Waals surface area contributed by atoms with E-state index in [9.17, 15) is 14.9 Å². The lowest BCUT2D eigenvalue weighted by Gasteiger charge is -1.93. The fraction of sp³-hybridized carbons (Fsp3) is 0. The molecule has 16 heavy (non-hydrogen) atoms. The van der Waals surface area contributed by atoms with Crippen molar-refractivity contribution >= 4 is 34.3 Å². The lowest BCUT2D eigenvalue weighted by molar-refractivity contribution is -0.384. The molecule has 8 heteroatoms. The van der Waals surface area contributed by atoms with Gasteiger partial charge in [-0.25, -0.2) is 9.78 Å². The second-order valence-electron chi connectivity index (χ2n) is 2.97. The minimum Gasteiger partial charge on any atom is -0.475 e. The summed E-state index contributed by atoms with van der Waals surface area (Å²) in [7, 11) is 0. The summed E-state index contributed by atoms with van der Waals surface area (Å²) in [5.74, 6) is -1.53. The molecule has 0 fully saturated rings. The molecule has 0 aliphatic heterocycles. The van der Waals surface area contributed by atoms with E-state index in [0.717, 1.165) is 6.07 Å². The van der Waals surface area contributed by atoms with Gasteiger partial charge in [-0.1, -0.05) is 11.6 Å². The molecular formula is C8H4ClN3O4. The molecule has 82 valence electrons. The molecule has 1 aromatic carbocycles. The molecule has 7 nitrogen and oxygen atoms in total. The normalized spacial score (nSPS) is 10.6. The molecule has 0 saturated carbocycles.